The largest absolute Gasteiger partial charge is 0.378 e. The minimum Gasteiger partial charge on any atom is -0.378 e. The second kappa shape index (κ2) is 9.75. The number of anilines is 2. The molecule has 0 spiro atoms. The number of carbonyl (C=O) groups is 1. The molecule has 5 aromatic rings. The zero-order valence-electron chi connectivity index (χ0n) is 20.0. The molecule has 6 rings (SSSR count). The molecule has 1 aliphatic rings. The van der Waals surface area contributed by atoms with E-state index < -0.39 is 17.5 Å². The van der Waals surface area contributed by atoms with Gasteiger partial charge in [-0.05, 0) is 30.3 Å². The summed E-state index contributed by atoms with van der Waals surface area (Å²) in [7, 11) is 0. The zero-order chi connectivity index (χ0) is 26.2. The Morgan fingerprint density at radius 1 is 0.868 bits per heavy atom. The van der Waals surface area contributed by atoms with Crippen LogP contribution in [0.5, 0.6) is 0 Å². The lowest BCUT2D eigenvalue weighted by Gasteiger charge is -2.31. The number of rotatable bonds is 4. The summed E-state index contributed by atoms with van der Waals surface area (Å²) >= 11 is 0. The average Bonchev–Trinajstić information content (AvgIpc) is 2.95. The summed E-state index contributed by atoms with van der Waals surface area (Å²) in [6, 6.07) is 15.3. The Kier molecular flexibility index (Phi) is 6.13. The molecule has 38 heavy (non-hydrogen) atoms. The summed E-state index contributed by atoms with van der Waals surface area (Å²) in [6.07, 6.45) is 3.00. The number of fused-ring (bicyclic) bond motifs is 2. The maximum Gasteiger partial charge on any atom is 0.256 e. The van der Waals surface area contributed by atoms with Crippen LogP contribution in [0.4, 0.5) is 24.5 Å². The molecule has 1 fully saturated rings. The van der Waals surface area contributed by atoms with Gasteiger partial charge in [0.25, 0.3) is 5.91 Å². The van der Waals surface area contributed by atoms with Crippen molar-refractivity contribution in [1.82, 2.24) is 9.97 Å². The number of ether oxygens (including phenoxy) is 1. The summed E-state index contributed by atoms with van der Waals surface area (Å²) in [5, 5.41) is 4.15. The van der Waals surface area contributed by atoms with Gasteiger partial charge in [0.15, 0.2) is 11.6 Å². The van der Waals surface area contributed by atoms with E-state index >= 15 is 4.39 Å². The number of pyridine rings is 2. The van der Waals surface area contributed by atoms with Gasteiger partial charge < -0.3 is 15.0 Å². The van der Waals surface area contributed by atoms with E-state index in [2.05, 4.69) is 15.3 Å². The highest BCUT2D eigenvalue weighted by Crippen LogP contribution is 2.40. The number of halogens is 3. The predicted molar refractivity (Wildman–Crippen MR) is 140 cm³/mol. The van der Waals surface area contributed by atoms with Crippen LogP contribution < -0.4 is 10.2 Å². The number of aromatic nitrogens is 2. The van der Waals surface area contributed by atoms with Gasteiger partial charge >= 0.3 is 0 Å². The monoisotopic (exact) mass is 514 g/mol. The number of nitrogens with zero attached hydrogens (tertiary/aromatic N) is 3. The maximum atomic E-state index is 15.1. The third-order valence-corrected chi connectivity index (χ3v) is 6.65. The number of amides is 1. The van der Waals surface area contributed by atoms with Crippen molar-refractivity contribution in [3.63, 3.8) is 0 Å². The lowest BCUT2D eigenvalue weighted by Crippen LogP contribution is -2.37. The Hall–Kier alpha value is -4.50. The number of morpholine rings is 1. The molecule has 9 heteroatoms. The fraction of sp³-hybridized carbons (Fsp3) is 0.138. The van der Waals surface area contributed by atoms with Crippen LogP contribution in [0, 0.1) is 17.5 Å². The van der Waals surface area contributed by atoms with Gasteiger partial charge in [-0.1, -0.05) is 30.3 Å². The smallest absolute Gasteiger partial charge is 0.256 e. The number of carbonyl (C=O) groups excluding carboxylic acids is 1. The van der Waals surface area contributed by atoms with Gasteiger partial charge in [0.1, 0.15) is 5.82 Å². The Labute approximate surface area is 215 Å². The van der Waals surface area contributed by atoms with Crippen molar-refractivity contribution < 1.29 is 22.7 Å². The van der Waals surface area contributed by atoms with E-state index in [-0.39, 0.29) is 22.6 Å². The minimum atomic E-state index is -1.16. The molecule has 2 aromatic heterocycles. The van der Waals surface area contributed by atoms with Crippen molar-refractivity contribution in [1.29, 1.82) is 0 Å². The van der Waals surface area contributed by atoms with E-state index in [0.717, 1.165) is 6.07 Å². The first-order valence-corrected chi connectivity index (χ1v) is 12.1. The molecule has 190 valence electrons. The Morgan fingerprint density at radius 2 is 1.68 bits per heavy atom. The van der Waals surface area contributed by atoms with Gasteiger partial charge in [-0.2, -0.15) is 0 Å². The van der Waals surface area contributed by atoms with Crippen molar-refractivity contribution in [3.05, 3.63) is 96.1 Å². The average molecular weight is 515 g/mol. The van der Waals surface area contributed by atoms with Crippen molar-refractivity contribution in [2.75, 3.05) is 36.5 Å². The first-order chi connectivity index (χ1) is 18.5. The first kappa shape index (κ1) is 23.9. The number of benzene rings is 3. The molecule has 3 aromatic carbocycles. The number of nitrogens with one attached hydrogen (secondary N) is 1. The first-order valence-electron chi connectivity index (χ1n) is 12.1. The Morgan fingerprint density at radius 3 is 2.53 bits per heavy atom. The van der Waals surface area contributed by atoms with Crippen LogP contribution in [0.3, 0.4) is 0 Å². The molecule has 1 saturated heterocycles. The second-order valence-electron chi connectivity index (χ2n) is 8.87. The lowest BCUT2D eigenvalue weighted by molar-refractivity contribution is 0.102. The van der Waals surface area contributed by atoms with Crippen molar-refractivity contribution in [2.45, 2.75) is 0 Å². The highest BCUT2D eigenvalue weighted by Gasteiger charge is 2.25. The highest BCUT2D eigenvalue weighted by molar-refractivity contribution is 6.15. The SMILES string of the molecule is O=C(Nc1cnc2c(-c3cccc(F)c3F)c(F)ccc2c1N1CCOCC1)c1ccnc2ccccc12. The van der Waals surface area contributed by atoms with Gasteiger partial charge in [-0.25, -0.2) is 13.2 Å². The van der Waals surface area contributed by atoms with Gasteiger partial charge in [-0.3, -0.25) is 14.8 Å². The van der Waals surface area contributed by atoms with Crippen molar-refractivity contribution in [3.8, 4) is 11.1 Å². The highest BCUT2D eigenvalue weighted by atomic mass is 19.2. The minimum absolute atomic E-state index is 0.146. The van der Waals surface area contributed by atoms with Gasteiger partial charge in [-0.15, -0.1) is 0 Å². The lowest BCUT2D eigenvalue weighted by atomic mass is 9.99. The van der Waals surface area contributed by atoms with E-state index in [0.29, 0.717) is 59.5 Å². The van der Waals surface area contributed by atoms with E-state index in [9.17, 15) is 13.6 Å². The van der Waals surface area contributed by atoms with Crippen molar-refractivity contribution >= 4 is 39.1 Å². The molecule has 3 heterocycles. The third-order valence-electron chi connectivity index (χ3n) is 6.65. The van der Waals surface area contributed by atoms with E-state index in [4.69, 9.17) is 4.74 Å². The van der Waals surface area contributed by atoms with Crippen molar-refractivity contribution in [2.24, 2.45) is 0 Å². The summed E-state index contributed by atoms with van der Waals surface area (Å²) in [5.74, 6) is -3.34. The Bertz CT molecular complexity index is 1700. The molecule has 0 bridgehead atoms. The van der Waals surface area contributed by atoms with Crippen LogP contribution in [0.25, 0.3) is 32.9 Å². The topological polar surface area (TPSA) is 67.4 Å². The van der Waals surface area contributed by atoms with E-state index in [1.807, 2.05) is 29.2 Å². The van der Waals surface area contributed by atoms with Crippen LogP contribution in [-0.4, -0.2) is 42.2 Å². The van der Waals surface area contributed by atoms with Gasteiger partial charge in [0.2, 0.25) is 0 Å². The molecular weight excluding hydrogens is 493 g/mol. The molecule has 0 aliphatic carbocycles. The summed E-state index contributed by atoms with van der Waals surface area (Å²) in [6.45, 7) is 1.94. The summed E-state index contributed by atoms with van der Waals surface area (Å²) in [4.78, 5) is 24.2. The second-order valence-corrected chi connectivity index (χ2v) is 8.87. The standard InChI is InChI=1S/C29H21F3N4O2/c30-21-9-8-20-27(25(21)19-5-3-6-22(31)26(19)32)34-16-24(28(20)36-12-14-38-15-13-36)35-29(37)18-10-11-33-23-7-2-1-4-17(18)23/h1-11,16H,12-15H2,(H,35,37). The Balaban J connectivity index is 1.52. The predicted octanol–water partition coefficient (Wildman–Crippen LogP) is 5.96. The third kappa shape index (κ3) is 4.10. The quantitative estimate of drug-likeness (QED) is 0.321. The molecule has 1 amide bonds. The fourth-order valence-corrected chi connectivity index (χ4v) is 4.88. The van der Waals surface area contributed by atoms with E-state index in [1.54, 1.807) is 18.3 Å². The molecule has 0 unspecified atom stereocenters. The van der Waals surface area contributed by atoms with Crippen LogP contribution in [0.2, 0.25) is 0 Å². The number of para-hydroxylation sites is 1. The van der Waals surface area contributed by atoms with Crippen LogP contribution in [0.1, 0.15) is 10.4 Å². The normalized spacial score (nSPS) is 13.7. The number of hydrogen-bond donors (Lipinski definition) is 1. The van der Waals surface area contributed by atoms with Crippen LogP contribution >= 0.6 is 0 Å². The fourth-order valence-electron chi connectivity index (χ4n) is 4.88. The molecular formula is C29H21F3N4O2. The molecule has 1 N–H and O–H groups in total. The summed E-state index contributed by atoms with van der Waals surface area (Å²) < 4.78 is 49.5. The van der Waals surface area contributed by atoms with E-state index in [1.165, 1.54) is 24.4 Å². The molecule has 1 aliphatic heterocycles. The molecule has 0 radical (unpaired) electrons. The van der Waals surface area contributed by atoms with Gasteiger partial charge in [0.05, 0.1) is 47.4 Å². The van der Waals surface area contributed by atoms with Gasteiger partial charge in [0, 0.05) is 41.2 Å². The molecule has 0 atom stereocenters. The maximum absolute atomic E-state index is 15.1. The van der Waals surface area contributed by atoms with Crippen LogP contribution in [-0.2, 0) is 4.74 Å². The summed E-state index contributed by atoms with van der Waals surface area (Å²) in [5.41, 5.74) is 1.90. The zero-order valence-corrected chi connectivity index (χ0v) is 20.0. The molecule has 0 saturated carbocycles. The number of hydrogen-bond acceptors (Lipinski definition) is 5. The molecule has 6 nitrogen and oxygen atoms in total. The van der Waals surface area contributed by atoms with Crippen LogP contribution in [0.15, 0.2) is 73.1 Å².